The summed E-state index contributed by atoms with van der Waals surface area (Å²) in [6.45, 7) is 0.773. The van der Waals surface area contributed by atoms with Gasteiger partial charge in [-0.1, -0.05) is 84.9 Å². The number of benzene rings is 4. The SMILES string of the molecule is c1ccc(C[N+](=C(Nc2ccccc2)c2ccccc2)c2ccccc2)cc1. The Hall–Kier alpha value is -3.65. The maximum absolute atomic E-state index is 3.66. The van der Waals surface area contributed by atoms with Crippen molar-refractivity contribution in [2.24, 2.45) is 0 Å². The number of nitrogens with zero attached hydrogens (tertiary/aromatic N) is 1. The van der Waals surface area contributed by atoms with Crippen molar-refractivity contribution < 1.29 is 4.58 Å². The standard InChI is InChI=1S/C26H22N2/c1-5-13-22(14-6-1)21-28(25-19-11-4-12-20-25)26(23-15-7-2-8-16-23)27-24-17-9-3-10-18-24/h1-20H,21H2/p+1. The molecule has 0 radical (unpaired) electrons. The summed E-state index contributed by atoms with van der Waals surface area (Å²) in [5.74, 6) is 1.06. The molecule has 4 aromatic rings. The van der Waals surface area contributed by atoms with Gasteiger partial charge in [-0.3, -0.25) is 0 Å². The molecular weight excluding hydrogens is 340 g/mol. The van der Waals surface area contributed by atoms with Crippen molar-refractivity contribution in [2.75, 3.05) is 5.32 Å². The number of para-hydroxylation sites is 2. The number of hydrogen-bond donors (Lipinski definition) is 1. The second-order valence-corrected chi connectivity index (χ2v) is 6.61. The van der Waals surface area contributed by atoms with Crippen molar-refractivity contribution in [3.8, 4) is 0 Å². The Kier molecular flexibility index (Phi) is 5.60. The van der Waals surface area contributed by atoms with Gasteiger partial charge in [0.05, 0.1) is 5.56 Å². The third-order valence-corrected chi connectivity index (χ3v) is 4.61. The van der Waals surface area contributed by atoms with E-state index in [4.69, 9.17) is 0 Å². The summed E-state index contributed by atoms with van der Waals surface area (Å²) < 4.78 is 2.33. The minimum Gasteiger partial charge on any atom is -0.240 e. The fourth-order valence-electron chi connectivity index (χ4n) is 3.22. The average molecular weight is 363 g/mol. The molecule has 1 N–H and O–H groups in total. The first-order valence-corrected chi connectivity index (χ1v) is 9.51. The molecule has 0 amide bonds. The molecule has 0 aliphatic carbocycles. The van der Waals surface area contributed by atoms with Crippen molar-refractivity contribution in [1.29, 1.82) is 0 Å². The minimum atomic E-state index is 0.773. The highest BCUT2D eigenvalue weighted by Crippen LogP contribution is 2.19. The summed E-state index contributed by atoms with van der Waals surface area (Å²) in [6.07, 6.45) is 0. The molecular formula is C26H23N2+. The van der Waals surface area contributed by atoms with Gasteiger partial charge in [-0.15, -0.1) is 0 Å². The molecule has 136 valence electrons. The number of anilines is 1. The van der Waals surface area contributed by atoms with Crippen LogP contribution in [0.2, 0.25) is 0 Å². The van der Waals surface area contributed by atoms with Crippen LogP contribution in [0.15, 0.2) is 121 Å². The van der Waals surface area contributed by atoms with E-state index in [0.717, 1.165) is 29.3 Å². The molecule has 4 aromatic carbocycles. The molecule has 0 heterocycles. The third-order valence-electron chi connectivity index (χ3n) is 4.61. The second-order valence-electron chi connectivity index (χ2n) is 6.61. The molecule has 28 heavy (non-hydrogen) atoms. The van der Waals surface area contributed by atoms with Crippen molar-refractivity contribution in [3.63, 3.8) is 0 Å². The summed E-state index contributed by atoms with van der Waals surface area (Å²) in [7, 11) is 0. The molecule has 0 aromatic heterocycles. The van der Waals surface area contributed by atoms with Crippen LogP contribution in [-0.4, -0.2) is 10.4 Å². The Morgan fingerprint density at radius 1 is 0.571 bits per heavy atom. The van der Waals surface area contributed by atoms with Gasteiger partial charge in [0.15, 0.2) is 0 Å². The molecule has 0 unspecified atom stereocenters. The summed E-state index contributed by atoms with van der Waals surface area (Å²) in [5.41, 5.74) is 4.62. The zero-order valence-corrected chi connectivity index (χ0v) is 15.7. The molecule has 0 aliphatic rings. The fraction of sp³-hybridized carbons (Fsp3) is 0.0385. The topological polar surface area (TPSA) is 15.0 Å². The average Bonchev–Trinajstić information content (AvgIpc) is 2.79. The quantitative estimate of drug-likeness (QED) is 0.258. The van der Waals surface area contributed by atoms with Crippen LogP contribution in [0, 0.1) is 0 Å². The van der Waals surface area contributed by atoms with E-state index >= 15 is 0 Å². The molecule has 0 aliphatic heterocycles. The number of amidine groups is 1. The molecule has 4 rings (SSSR count). The Labute approximate surface area is 166 Å². The number of hydrogen-bond acceptors (Lipinski definition) is 0. The van der Waals surface area contributed by atoms with Gasteiger partial charge in [0, 0.05) is 0 Å². The highest BCUT2D eigenvalue weighted by atomic mass is 15.1. The van der Waals surface area contributed by atoms with E-state index in [1.165, 1.54) is 5.56 Å². The number of rotatable bonds is 5. The van der Waals surface area contributed by atoms with Gasteiger partial charge in [-0.2, -0.15) is 0 Å². The highest BCUT2D eigenvalue weighted by molar-refractivity contribution is 6.05. The first kappa shape index (κ1) is 17.7. The van der Waals surface area contributed by atoms with Crippen LogP contribution >= 0.6 is 0 Å². The van der Waals surface area contributed by atoms with Crippen LogP contribution in [0.5, 0.6) is 0 Å². The lowest BCUT2D eigenvalue weighted by Gasteiger charge is -2.14. The lowest BCUT2D eigenvalue weighted by molar-refractivity contribution is -0.457. The van der Waals surface area contributed by atoms with Gasteiger partial charge in [0.25, 0.3) is 5.84 Å². The molecule has 2 heteroatoms. The summed E-state index contributed by atoms with van der Waals surface area (Å²) >= 11 is 0. The molecule has 0 spiro atoms. The van der Waals surface area contributed by atoms with Crippen LogP contribution in [0.4, 0.5) is 11.4 Å². The Balaban J connectivity index is 1.88. The van der Waals surface area contributed by atoms with Gasteiger partial charge in [-0.05, 0) is 42.0 Å². The van der Waals surface area contributed by atoms with E-state index in [0.29, 0.717) is 0 Å². The van der Waals surface area contributed by atoms with Crippen LogP contribution in [-0.2, 0) is 6.54 Å². The summed E-state index contributed by atoms with van der Waals surface area (Å²) in [4.78, 5) is 0. The predicted molar refractivity (Wildman–Crippen MR) is 117 cm³/mol. The Morgan fingerprint density at radius 3 is 1.68 bits per heavy atom. The van der Waals surface area contributed by atoms with Gasteiger partial charge >= 0.3 is 0 Å². The lowest BCUT2D eigenvalue weighted by Crippen LogP contribution is -2.26. The van der Waals surface area contributed by atoms with Crippen molar-refractivity contribution in [3.05, 3.63) is 132 Å². The zero-order chi connectivity index (χ0) is 19.0. The number of nitrogens with one attached hydrogen (secondary N) is 1. The molecule has 0 fully saturated rings. The summed E-state index contributed by atoms with van der Waals surface area (Å²) in [5, 5.41) is 3.66. The van der Waals surface area contributed by atoms with Crippen molar-refractivity contribution in [2.45, 2.75) is 6.54 Å². The summed E-state index contributed by atoms with van der Waals surface area (Å²) in [6, 6.07) is 41.9. The Bertz CT molecular complexity index is 938. The van der Waals surface area contributed by atoms with E-state index in [-0.39, 0.29) is 0 Å². The molecule has 0 saturated heterocycles. The van der Waals surface area contributed by atoms with Gasteiger partial charge < -0.3 is 0 Å². The zero-order valence-electron chi connectivity index (χ0n) is 15.7. The first-order valence-electron chi connectivity index (χ1n) is 9.51. The smallest absolute Gasteiger partial charge is 0.240 e. The predicted octanol–water partition coefficient (Wildman–Crippen LogP) is 6.09. The maximum Gasteiger partial charge on any atom is 0.287 e. The fourth-order valence-corrected chi connectivity index (χ4v) is 3.22. The van der Waals surface area contributed by atoms with Gasteiger partial charge in [0.1, 0.15) is 17.9 Å². The molecule has 0 saturated carbocycles. The maximum atomic E-state index is 3.66. The van der Waals surface area contributed by atoms with E-state index in [1.54, 1.807) is 0 Å². The van der Waals surface area contributed by atoms with Crippen LogP contribution < -0.4 is 5.32 Å². The van der Waals surface area contributed by atoms with Crippen molar-refractivity contribution >= 4 is 17.2 Å². The monoisotopic (exact) mass is 363 g/mol. The minimum absolute atomic E-state index is 0.773. The van der Waals surface area contributed by atoms with Gasteiger partial charge in [0.2, 0.25) is 0 Å². The van der Waals surface area contributed by atoms with Gasteiger partial charge in [-0.25, -0.2) is 9.89 Å². The van der Waals surface area contributed by atoms with Crippen molar-refractivity contribution in [1.82, 2.24) is 0 Å². The second kappa shape index (κ2) is 8.83. The van der Waals surface area contributed by atoms with E-state index in [1.807, 2.05) is 12.1 Å². The van der Waals surface area contributed by atoms with Crippen LogP contribution in [0.1, 0.15) is 11.1 Å². The highest BCUT2D eigenvalue weighted by Gasteiger charge is 2.19. The first-order chi connectivity index (χ1) is 13.9. The normalized spacial score (nSPS) is 11.6. The largest absolute Gasteiger partial charge is 0.287 e. The molecule has 0 atom stereocenters. The molecule has 2 nitrogen and oxygen atoms in total. The Morgan fingerprint density at radius 2 is 1.07 bits per heavy atom. The van der Waals surface area contributed by atoms with E-state index < -0.39 is 0 Å². The van der Waals surface area contributed by atoms with E-state index in [2.05, 4.69) is 119 Å². The molecule has 0 bridgehead atoms. The third kappa shape index (κ3) is 4.36. The van der Waals surface area contributed by atoms with E-state index in [9.17, 15) is 0 Å². The van der Waals surface area contributed by atoms with Crippen LogP contribution in [0.25, 0.3) is 0 Å². The lowest BCUT2D eigenvalue weighted by atomic mass is 10.1. The van der Waals surface area contributed by atoms with Crippen LogP contribution in [0.3, 0.4) is 0 Å².